The lowest BCUT2D eigenvalue weighted by Crippen LogP contribution is -2.45. The van der Waals surface area contributed by atoms with Crippen LogP contribution in [0.2, 0.25) is 0 Å². The fraction of sp³-hybridized carbons (Fsp3) is 0.400. The molecule has 33 heavy (non-hydrogen) atoms. The smallest absolute Gasteiger partial charge is 0.407 e. The predicted octanol–water partition coefficient (Wildman–Crippen LogP) is 2.52. The van der Waals surface area contributed by atoms with Crippen molar-refractivity contribution >= 4 is 18.0 Å². The van der Waals surface area contributed by atoms with Crippen LogP contribution in [0.25, 0.3) is 11.1 Å². The second kappa shape index (κ2) is 8.86. The van der Waals surface area contributed by atoms with E-state index in [0.717, 1.165) is 11.1 Å². The van der Waals surface area contributed by atoms with E-state index in [-0.39, 0.29) is 30.3 Å². The Kier molecular flexibility index (Phi) is 5.76. The average Bonchev–Trinajstić information content (AvgIpc) is 3.33. The fourth-order valence-corrected chi connectivity index (χ4v) is 4.93. The predicted molar refractivity (Wildman–Crippen MR) is 119 cm³/mol. The molecule has 2 aliphatic carbocycles. The van der Waals surface area contributed by atoms with Gasteiger partial charge >= 0.3 is 12.1 Å². The molecule has 8 nitrogen and oxygen atoms in total. The van der Waals surface area contributed by atoms with E-state index in [0.29, 0.717) is 26.0 Å². The maximum absolute atomic E-state index is 12.4. The summed E-state index contributed by atoms with van der Waals surface area (Å²) in [7, 11) is 0. The maximum atomic E-state index is 12.4. The van der Waals surface area contributed by atoms with Crippen molar-refractivity contribution in [1.29, 1.82) is 0 Å². The molecule has 2 aromatic rings. The van der Waals surface area contributed by atoms with Crippen molar-refractivity contribution in [1.82, 2.24) is 10.6 Å². The second-order valence-corrected chi connectivity index (χ2v) is 8.84. The number of rotatable bonds is 7. The lowest BCUT2D eigenvalue weighted by Gasteiger charge is -2.16. The van der Waals surface area contributed by atoms with E-state index in [1.807, 2.05) is 24.3 Å². The lowest BCUT2D eigenvalue weighted by atomic mass is 9.98. The van der Waals surface area contributed by atoms with E-state index in [9.17, 15) is 14.4 Å². The number of aliphatic carboxylic acids is 1. The molecule has 2 fully saturated rings. The summed E-state index contributed by atoms with van der Waals surface area (Å²) >= 11 is 0. The van der Waals surface area contributed by atoms with Crippen LogP contribution in [0, 0.1) is 11.8 Å². The van der Waals surface area contributed by atoms with Gasteiger partial charge < -0.3 is 25.2 Å². The van der Waals surface area contributed by atoms with Crippen molar-refractivity contribution in [3.8, 4) is 11.1 Å². The summed E-state index contributed by atoms with van der Waals surface area (Å²) in [6.07, 6.45) is -0.359. The van der Waals surface area contributed by atoms with E-state index in [1.165, 1.54) is 11.1 Å². The highest BCUT2D eigenvalue weighted by atomic mass is 16.5. The van der Waals surface area contributed by atoms with Crippen LogP contribution in [-0.4, -0.2) is 55.0 Å². The molecule has 3 aliphatic rings. The van der Waals surface area contributed by atoms with Gasteiger partial charge in [0.2, 0.25) is 5.91 Å². The fourth-order valence-electron chi connectivity index (χ4n) is 4.93. The molecule has 1 saturated heterocycles. The van der Waals surface area contributed by atoms with Crippen LogP contribution < -0.4 is 10.6 Å². The normalized spacial score (nSPS) is 25.1. The topological polar surface area (TPSA) is 114 Å². The Morgan fingerprint density at radius 2 is 1.70 bits per heavy atom. The standard InChI is InChI=1S/C25H26N2O6/c28-23(27-21-9-10-32-22(21)24(29)30)19-11-14(19)12-26-25(31)33-13-20-17-7-3-1-5-15(17)16-6-2-4-8-18(16)20/h1-8,14,19-22H,9-13H2,(H,26,31)(H,27,28)(H,29,30)/t14-,19-,21+,22-/m0/s1. The molecule has 1 saturated carbocycles. The van der Waals surface area contributed by atoms with E-state index in [4.69, 9.17) is 14.6 Å². The third-order valence-electron chi connectivity index (χ3n) is 6.77. The van der Waals surface area contributed by atoms with Gasteiger partial charge in [-0.25, -0.2) is 9.59 Å². The number of carboxylic acid groups (broad SMARTS) is 1. The zero-order chi connectivity index (χ0) is 22.9. The minimum atomic E-state index is -1.07. The van der Waals surface area contributed by atoms with E-state index < -0.39 is 24.2 Å². The van der Waals surface area contributed by atoms with Crippen LogP contribution in [-0.2, 0) is 19.1 Å². The van der Waals surface area contributed by atoms with E-state index in [2.05, 4.69) is 34.9 Å². The molecule has 1 aliphatic heterocycles. The van der Waals surface area contributed by atoms with Crippen LogP contribution in [0.3, 0.4) is 0 Å². The molecule has 2 aromatic carbocycles. The monoisotopic (exact) mass is 450 g/mol. The summed E-state index contributed by atoms with van der Waals surface area (Å²) in [5.41, 5.74) is 4.65. The minimum Gasteiger partial charge on any atom is -0.479 e. The Bertz CT molecular complexity index is 1040. The number of ether oxygens (including phenoxy) is 2. The van der Waals surface area contributed by atoms with Crippen molar-refractivity contribution in [2.24, 2.45) is 11.8 Å². The van der Waals surface area contributed by atoms with Crippen LogP contribution >= 0.6 is 0 Å². The van der Waals surface area contributed by atoms with Crippen LogP contribution in [0.1, 0.15) is 29.9 Å². The number of nitrogens with one attached hydrogen (secondary N) is 2. The highest BCUT2D eigenvalue weighted by molar-refractivity contribution is 5.83. The van der Waals surface area contributed by atoms with Gasteiger partial charge in [0.05, 0.1) is 6.04 Å². The SMILES string of the molecule is O=C(NC[C@@H]1C[C@@H]1C(=O)N[C@@H]1CCO[C@@H]1C(=O)O)OCC1c2ccccc2-c2ccccc21. The summed E-state index contributed by atoms with van der Waals surface area (Å²) in [6.45, 7) is 0.907. The Hall–Kier alpha value is -3.39. The molecule has 3 N–H and O–H groups in total. The number of carbonyl (C=O) groups is 3. The number of benzene rings is 2. The van der Waals surface area contributed by atoms with Crippen molar-refractivity contribution in [3.05, 3.63) is 59.7 Å². The zero-order valence-electron chi connectivity index (χ0n) is 18.0. The summed E-state index contributed by atoms with van der Waals surface area (Å²) in [5.74, 6) is -1.46. The van der Waals surface area contributed by atoms with Gasteiger partial charge in [0.15, 0.2) is 6.10 Å². The second-order valence-electron chi connectivity index (χ2n) is 8.84. The van der Waals surface area contributed by atoms with Crippen molar-refractivity contribution < 1.29 is 29.0 Å². The molecule has 0 aromatic heterocycles. The first-order valence-electron chi connectivity index (χ1n) is 11.3. The summed E-state index contributed by atoms with van der Waals surface area (Å²) < 4.78 is 10.7. The number of carboxylic acids is 1. The first kappa shape index (κ1) is 21.5. The molecule has 8 heteroatoms. The van der Waals surface area contributed by atoms with Crippen molar-refractivity contribution in [2.45, 2.75) is 30.9 Å². The van der Waals surface area contributed by atoms with Crippen LogP contribution in [0.15, 0.2) is 48.5 Å². The highest BCUT2D eigenvalue weighted by Crippen LogP contribution is 2.44. The first-order valence-corrected chi connectivity index (χ1v) is 11.3. The summed E-state index contributed by atoms with van der Waals surface area (Å²) in [6, 6.07) is 15.8. The minimum absolute atomic E-state index is 0.00147. The third kappa shape index (κ3) is 4.30. The molecule has 5 rings (SSSR count). The van der Waals surface area contributed by atoms with E-state index in [1.54, 1.807) is 0 Å². The number of fused-ring (bicyclic) bond motifs is 3. The van der Waals surface area contributed by atoms with Crippen LogP contribution in [0.5, 0.6) is 0 Å². The zero-order valence-corrected chi connectivity index (χ0v) is 18.0. The Morgan fingerprint density at radius 3 is 2.36 bits per heavy atom. The van der Waals surface area contributed by atoms with E-state index >= 15 is 0 Å². The van der Waals surface area contributed by atoms with Crippen molar-refractivity contribution in [3.63, 3.8) is 0 Å². The van der Waals surface area contributed by atoms with Gasteiger partial charge in [-0.3, -0.25) is 4.79 Å². The number of hydrogen-bond donors (Lipinski definition) is 3. The Morgan fingerprint density at radius 1 is 1.03 bits per heavy atom. The van der Waals surface area contributed by atoms with Gasteiger partial charge in [0.25, 0.3) is 0 Å². The number of hydrogen-bond acceptors (Lipinski definition) is 5. The molecule has 4 atom stereocenters. The summed E-state index contributed by atoms with van der Waals surface area (Å²) in [4.78, 5) is 35.9. The molecule has 2 amide bonds. The van der Waals surface area contributed by atoms with Crippen molar-refractivity contribution in [2.75, 3.05) is 19.8 Å². The Labute approximate surface area is 191 Å². The molecule has 0 spiro atoms. The summed E-state index contributed by atoms with van der Waals surface area (Å²) in [5, 5.41) is 14.7. The molecule has 1 heterocycles. The first-order chi connectivity index (χ1) is 16.0. The molecular weight excluding hydrogens is 424 g/mol. The average molecular weight is 450 g/mol. The van der Waals surface area contributed by atoms with Gasteiger partial charge in [0.1, 0.15) is 6.61 Å². The molecule has 0 bridgehead atoms. The molecule has 172 valence electrons. The van der Waals surface area contributed by atoms with Gasteiger partial charge in [0, 0.05) is 25.0 Å². The third-order valence-corrected chi connectivity index (χ3v) is 6.77. The lowest BCUT2D eigenvalue weighted by molar-refractivity contribution is -0.148. The Balaban J connectivity index is 1.09. The molecular formula is C25H26N2O6. The van der Waals surface area contributed by atoms with Gasteiger partial charge in [-0.05, 0) is 41.0 Å². The number of alkyl carbamates (subject to hydrolysis) is 1. The molecule has 0 radical (unpaired) electrons. The number of amides is 2. The highest BCUT2D eigenvalue weighted by Gasteiger charge is 2.45. The van der Waals surface area contributed by atoms with Gasteiger partial charge in [-0.1, -0.05) is 48.5 Å². The number of carbonyl (C=O) groups excluding carboxylic acids is 2. The maximum Gasteiger partial charge on any atom is 0.407 e. The molecule has 0 unspecified atom stereocenters. The van der Waals surface area contributed by atoms with Gasteiger partial charge in [-0.2, -0.15) is 0 Å². The largest absolute Gasteiger partial charge is 0.479 e. The van der Waals surface area contributed by atoms with Gasteiger partial charge in [-0.15, -0.1) is 0 Å². The van der Waals surface area contributed by atoms with Crippen LogP contribution in [0.4, 0.5) is 4.79 Å². The quantitative estimate of drug-likeness (QED) is 0.597.